The molecule has 3 amide bonds. The molecule has 0 unspecified atom stereocenters. The van der Waals surface area contributed by atoms with Crippen molar-refractivity contribution in [2.45, 2.75) is 12.8 Å². The lowest BCUT2D eigenvalue weighted by Gasteiger charge is -2.35. The number of carbonyl (C=O) groups is 3. The molecule has 0 aliphatic carbocycles. The zero-order valence-corrected chi connectivity index (χ0v) is 22.8. The maximum Gasteiger partial charge on any atom is 0.291 e. The molecule has 3 aromatic rings. The molecule has 10 nitrogen and oxygen atoms in total. The molecule has 13 heteroatoms. The Balaban J connectivity index is 1.42. The second kappa shape index (κ2) is 12.4. The Morgan fingerprint density at radius 2 is 1.77 bits per heavy atom. The number of hydrogen-bond donors (Lipinski definition) is 2. The first-order valence-corrected chi connectivity index (χ1v) is 13.0. The van der Waals surface area contributed by atoms with Crippen molar-refractivity contribution in [3.63, 3.8) is 0 Å². The van der Waals surface area contributed by atoms with Crippen LogP contribution in [-0.4, -0.2) is 76.9 Å². The van der Waals surface area contributed by atoms with Crippen LogP contribution in [0.5, 0.6) is 5.75 Å². The van der Waals surface area contributed by atoms with Gasteiger partial charge >= 0.3 is 0 Å². The number of ether oxygens (including phenoxy) is 1. The van der Waals surface area contributed by atoms with Gasteiger partial charge in [0, 0.05) is 50.9 Å². The fourth-order valence-electron chi connectivity index (χ4n) is 4.45. The first-order valence-electron chi connectivity index (χ1n) is 12.6. The quantitative estimate of drug-likeness (QED) is 0.426. The van der Waals surface area contributed by atoms with E-state index in [4.69, 9.17) is 22.1 Å². The first kappa shape index (κ1) is 29.0. The van der Waals surface area contributed by atoms with E-state index in [2.05, 4.69) is 10.3 Å². The van der Waals surface area contributed by atoms with Crippen LogP contribution in [0.4, 0.5) is 14.5 Å². The van der Waals surface area contributed by atoms with Crippen LogP contribution >= 0.6 is 11.6 Å². The van der Waals surface area contributed by atoms with Gasteiger partial charge in [0.15, 0.2) is 17.4 Å². The number of imidazole rings is 1. The molecule has 1 fully saturated rings. The molecule has 0 saturated carbocycles. The van der Waals surface area contributed by atoms with Crippen molar-refractivity contribution in [1.29, 1.82) is 0 Å². The Hall–Kier alpha value is -4.03. The average molecular weight is 575 g/mol. The highest BCUT2D eigenvalue weighted by Crippen LogP contribution is 2.30. The lowest BCUT2D eigenvalue weighted by atomic mass is 10.1. The predicted octanol–water partition coefficient (Wildman–Crippen LogP) is 3.30. The normalized spacial score (nSPS) is 13.3. The maximum absolute atomic E-state index is 14.6. The fourth-order valence-corrected chi connectivity index (χ4v) is 4.71. The number of nitrogens with zero attached hydrogens (tertiary/aromatic N) is 4. The summed E-state index contributed by atoms with van der Waals surface area (Å²) in [6.07, 6.45) is 2.28. The summed E-state index contributed by atoms with van der Waals surface area (Å²) in [5, 5.41) is 2.80. The van der Waals surface area contributed by atoms with E-state index < -0.39 is 17.5 Å². The van der Waals surface area contributed by atoms with Crippen molar-refractivity contribution in [1.82, 2.24) is 19.4 Å². The van der Waals surface area contributed by atoms with Crippen molar-refractivity contribution in [2.24, 2.45) is 12.8 Å². The Labute approximate surface area is 234 Å². The van der Waals surface area contributed by atoms with E-state index >= 15 is 0 Å². The Kier molecular flexibility index (Phi) is 9.00. The second-order valence-corrected chi connectivity index (χ2v) is 9.59. The van der Waals surface area contributed by atoms with Crippen LogP contribution in [0.1, 0.15) is 33.8 Å². The van der Waals surface area contributed by atoms with Crippen LogP contribution in [0.25, 0.3) is 11.3 Å². The molecule has 4 rings (SSSR count). The van der Waals surface area contributed by atoms with E-state index in [0.29, 0.717) is 51.3 Å². The Morgan fingerprint density at radius 3 is 2.42 bits per heavy atom. The molecule has 1 aliphatic rings. The van der Waals surface area contributed by atoms with E-state index in [1.54, 1.807) is 9.80 Å². The first-order chi connectivity index (χ1) is 19.2. The molecule has 3 N–H and O–H groups in total. The number of anilines is 1. The number of methoxy groups -OCH3 is 1. The van der Waals surface area contributed by atoms with Gasteiger partial charge in [-0.05, 0) is 43.3 Å². The van der Waals surface area contributed by atoms with Crippen molar-refractivity contribution in [2.75, 3.05) is 45.2 Å². The highest BCUT2D eigenvalue weighted by molar-refractivity contribution is 6.34. The average Bonchev–Trinajstić information content (AvgIpc) is 3.34. The van der Waals surface area contributed by atoms with Gasteiger partial charge in [-0.15, -0.1) is 0 Å². The Bertz CT molecular complexity index is 1440. The summed E-state index contributed by atoms with van der Waals surface area (Å²) in [5.74, 6) is -3.43. The summed E-state index contributed by atoms with van der Waals surface area (Å²) in [5.41, 5.74) is 6.15. The van der Waals surface area contributed by atoms with Crippen molar-refractivity contribution >= 4 is 35.0 Å². The summed E-state index contributed by atoms with van der Waals surface area (Å²) in [4.78, 5) is 45.6. The van der Waals surface area contributed by atoms with E-state index in [1.807, 2.05) is 0 Å². The molecule has 1 aliphatic heterocycles. The molecule has 0 spiro atoms. The van der Waals surface area contributed by atoms with Gasteiger partial charge in [0.05, 0.1) is 29.6 Å². The summed E-state index contributed by atoms with van der Waals surface area (Å²) < 4.78 is 34.9. The summed E-state index contributed by atoms with van der Waals surface area (Å²) in [6, 6.07) is 7.12. The van der Waals surface area contributed by atoms with Crippen LogP contribution < -0.4 is 15.8 Å². The minimum Gasteiger partial charge on any atom is -0.494 e. The summed E-state index contributed by atoms with van der Waals surface area (Å²) >= 11 is 6.40. The molecule has 0 atom stereocenters. The molecule has 1 aromatic heterocycles. The lowest BCUT2D eigenvalue weighted by molar-refractivity contribution is -0.132. The smallest absolute Gasteiger partial charge is 0.291 e. The molecule has 40 heavy (non-hydrogen) atoms. The molecule has 0 radical (unpaired) electrons. The number of nitrogens with one attached hydrogen (secondary N) is 1. The third-order valence-corrected chi connectivity index (χ3v) is 7.02. The van der Waals surface area contributed by atoms with Gasteiger partial charge in [-0.1, -0.05) is 11.6 Å². The van der Waals surface area contributed by atoms with Crippen LogP contribution in [0.2, 0.25) is 5.02 Å². The van der Waals surface area contributed by atoms with E-state index in [1.165, 1.54) is 55.3 Å². The topological polar surface area (TPSA) is 123 Å². The summed E-state index contributed by atoms with van der Waals surface area (Å²) in [7, 11) is 2.73. The number of nitrogens with two attached hydrogens (primary N) is 1. The van der Waals surface area contributed by atoms with Gasteiger partial charge in [0.1, 0.15) is 0 Å². The summed E-state index contributed by atoms with van der Waals surface area (Å²) in [6.45, 7) is 2.07. The van der Waals surface area contributed by atoms with Gasteiger partial charge in [0.2, 0.25) is 11.7 Å². The van der Waals surface area contributed by atoms with Crippen LogP contribution in [-0.2, 0) is 11.8 Å². The van der Waals surface area contributed by atoms with Crippen LogP contribution in [0.3, 0.4) is 0 Å². The van der Waals surface area contributed by atoms with E-state index in [-0.39, 0.29) is 45.2 Å². The zero-order chi connectivity index (χ0) is 29.0. The van der Waals surface area contributed by atoms with Gasteiger partial charge in [-0.3, -0.25) is 14.4 Å². The Morgan fingerprint density at radius 1 is 1.07 bits per heavy atom. The highest BCUT2D eigenvalue weighted by Gasteiger charge is 2.26. The van der Waals surface area contributed by atoms with Crippen molar-refractivity contribution < 1.29 is 27.9 Å². The second-order valence-electron chi connectivity index (χ2n) is 9.18. The third-order valence-electron chi connectivity index (χ3n) is 6.71. The predicted molar refractivity (Wildman–Crippen MR) is 145 cm³/mol. The van der Waals surface area contributed by atoms with Gasteiger partial charge in [0.25, 0.3) is 11.8 Å². The van der Waals surface area contributed by atoms with Gasteiger partial charge in [-0.25, -0.2) is 9.37 Å². The molecule has 0 bridgehead atoms. The number of amides is 3. The van der Waals surface area contributed by atoms with E-state index in [0.717, 1.165) is 0 Å². The number of hydrogen-bond acceptors (Lipinski definition) is 6. The molecule has 2 aromatic carbocycles. The third kappa shape index (κ3) is 5.92. The van der Waals surface area contributed by atoms with Crippen LogP contribution in [0.15, 0.2) is 36.5 Å². The SMILES string of the molecule is COc1ccc(-c2cnc(C(=O)Nc3ccc(C(=O)N4CCN(C(=O)CCCN)CC4)c(Cl)c3)n2C)c(F)c1F. The number of benzene rings is 2. The number of carbonyl (C=O) groups excluding carboxylic acids is 3. The lowest BCUT2D eigenvalue weighted by Crippen LogP contribution is -2.50. The molecule has 1 saturated heterocycles. The van der Waals surface area contributed by atoms with Crippen molar-refractivity contribution in [3.8, 4) is 17.0 Å². The largest absolute Gasteiger partial charge is 0.494 e. The molecular weight excluding hydrogens is 546 g/mol. The minimum atomic E-state index is -1.14. The number of aromatic nitrogens is 2. The van der Waals surface area contributed by atoms with Crippen molar-refractivity contribution in [3.05, 3.63) is 64.6 Å². The minimum absolute atomic E-state index is 0.0248. The molecular formula is C27H29ClF2N6O4. The highest BCUT2D eigenvalue weighted by atomic mass is 35.5. The zero-order valence-electron chi connectivity index (χ0n) is 22.0. The molecule has 212 valence electrons. The van der Waals surface area contributed by atoms with Gasteiger partial charge in [-0.2, -0.15) is 4.39 Å². The van der Waals surface area contributed by atoms with Crippen LogP contribution in [0, 0.1) is 11.6 Å². The molecule has 2 heterocycles. The monoisotopic (exact) mass is 574 g/mol. The standard InChI is InChI=1S/C27H29ClF2N6O4/c1-34-20(18-7-8-21(40-2)24(30)23(18)29)15-32-25(34)26(38)33-16-5-6-17(19(28)14-16)27(39)36-12-10-35(11-13-36)22(37)4-3-9-31/h5-8,14-15H,3-4,9-13,31H2,1-2H3,(H,33,38). The van der Waals surface area contributed by atoms with E-state index in [9.17, 15) is 23.2 Å². The number of piperazine rings is 1. The maximum atomic E-state index is 14.6. The van der Waals surface area contributed by atoms with Gasteiger partial charge < -0.3 is 30.2 Å². The number of rotatable bonds is 8. The number of halogens is 3. The fraction of sp³-hybridized carbons (Fsp3) is 0.333.